The molecule has 0 aliphatic rings. The molecule has 21 heavy (non-hydrogen) atoms. The fourth-order valence-corrected chi connectivity index (χ4v) is 2.32. The third kappa shape index (κ3) is 3.25. The molecule has 0 saturated carbocycles. The topological polar surface area (TPSA) is 55.6 Å². The monoisotopic (exact) mass is 281 g/mol. The van der Waals surface area contributed by atoms with E-state index in [1.54, 1.807) is 6.20 Å². The molecule has 1 unspecified atom stereocenters. The fraction of sp³-hybridized carbons (Fsp3) is 0.312. The Morgan fingerprint density at radius 3 is 2.62 bits per heavy atom. The van der Waals surface area contributed by atoms with Crippen LogP contribution in [-0.4, -0.2) is 25.8 Å². The number of hydrogen-bond acceptors (Lipinski definition) is 4. The summed E-state index contributed by atoms with van der Waals surface area (Å²) in [4.78, 5) is 9.31. The summed E-state index contributed by atoms with van der Waals surface area (Å²) in [5.74, 6) is 0. The molecule has 0 amide bonds. The van der Waals surface area contributed by atoms with Gasteiger partial charge in [-0.05, 0) is 32.0 Å². The Hall–Kier alpha value is -2.27. The summed E-state index contributed by atoms with van der Waals surface area (Å²) in [5.41, 5.74) is 3.87. The maximum Gasteiger partial charge on any atom is 0.0890 e. The van der Waals surface area contributed by atoms with Crippen molar-refractivity contribution in [3.8, 4) is 0 Å². The largest absolute Gasteiger partial charge is 0.307 e. The van der Waals surface area contributed by atoms with Crippen molar-refractivity contribution in [2.75, 3.05) is 0 Å². The number of fused-ring (bicyclic) bond motifs is 1. The van der Waals surface area contributed by atoms with Crippen LogP contribution in [0.1, 0.15) is 18.3 Å². The lowest BCUT2D eigenvalue weighted by molar-refractivity contribution is 0.448. The Morgan fingerprint density at radius 2 is 1.90 bits per heavy atom. The lowest BCUT2D eigenvalue weighted by Gasteiger charge is -2.14. The highest BCUT2D eigenvalue weighted by molar-refractivity contribution is 5.74. The van der Waals surface area contributed by atoms with Crippen molar-refractivity contribution < 1.29 is 0 Å². The van der Waals surface area contributed by atoms with Crippen LogP contribution in [-0.2, 0) is 13.1 Å². The van der Waals surface area contributed by atoms with Crippen LogP contribution in [0.5, 0.6) is 0 Å². The van der Waals surface area contributed by atoms with Crippen molar-refractivity contribution in [3.63, 3.8) is 0 Å². The van der Waals surface area contributed by atoms with Gasteiger partial charge in [0.25, 0.3) is 0 Å². The minimum atomic E-state index is 0.317. The second-order valence-electron chi connectivity index (χ2n) is 5.25. The fourth-order valence-electron chi connectivity index (χ4n) is 2.32. The zero-order valence-electron chi connectivity index (χ0n) is 12.3. The number of rotatable bonds is 5. The molecule has 0 spiro atoms. The molecule has 5 heteroatoms. The normalized spacial score (nSPS) is 12.7. The maximum absolute atomic E-state index is 4.70. The molecule has 0 aliphatic heterocycles. The molecule has 1 N–H and O–H groups in total. The first-order valence-corrected chi connectivity index (χ1v) is 7.15. The summed E-state index contributed by atoms with van der Waals surface area (Å²) in [5, 5.41) is 7.70. The van der Waals surface area contributed by atoms with Crippen molar-refractivity contribution in [2.24, 2.45) is 0 Å². The molecule has 0 saturated heterocycles. The molecule has 5 nitrogen and oxygen atoms in total. The number of nitrogens with zero attached hydrogens (tertiary/aromatic N) is 4. The zero-order chi connectivity index (χ0) is 14.7. The molecule has 1 atom stereocenters. The molecule has 108 valence electrons. The number of nitrogens with one attached hydrogen (secondary N) is 1. The molecule has 0 fully saturated rings. The standard InChI is InChI=1S/C16H19N5/c1-12(11-21-9-5-8-18-21)17-10-16-13(2)19-14-6-3-4-7-15(14)20-16/h3-9,12,17H,10-11H2,1-2H3. The van der Waals surface area contributed by atoms with E-state index in [1.807, 2.05) is 48.1 Å². The number of benzene rings is 1. The number of hydrogen-bond donors (Lipinski definition) is 1. The van der Waals surface area contributed by atoms with Crippen molar-refractivity contribution in [3.05, 3.63) is 54.1 Å². The van der Waals surface area contributed by atoms with Gasteiger partial charge in [-0.1, -0.05) is 12.1 Å². The molecule has 3 aromatic rings. The van der Waals surface area contributed by atoms with Crippen LogP contribution in [0.4, 0.5) is 0 Å². The highest BCUT2D eigenvalue weighted by Gasteiger charge is 2.07. The van der Waals surface area contributed by atoms with Crippen LogP contribution in [0.15, 0.2) is 42.7 Å². The predicted molar refractivity (Wildman–Crippen MR) is 82.8 cm³/mol. The molecule has 0 aliphatic carbocycles. The number of para-hydroxylation sites is 2. The van der Waals surface area contributed by atoms with E-state index in [0.717, 1.165) is 29.0 Å². The van der Waals surface area contributed by atoms with Gasteiger partial charge >= 0.3 is 0 Å². The van der Waals surface area contributed by atoms with E-state index >= 15 is 0 Å². The first-order chi connectivity index (χ1) is 10.2. The van der Waals surface area contributed by atoms with E-state index in [-0.39, 0.29) is 0 Å². The summed E-state index contributed by atoms with van der Waals surface area (Å²) in [6.07, 6.45) is 3.77. The van der Waals surface area contributed by atoms with E-state index in [2.05, 4.69) is 22.3 Å². The maximum atomic E-state index is 4.70. The van der Waals surface area contributed by atoms with E-state index < -0.39 is 0 Å². The van der Waals surface area contributed by atoms with E-state index in [9.17, 15) is 0 Å². The molecule has 1 aromatic carbocycles. The summed E-state index contributed by atoms with van der Waals surface area (Å²) in [6.45, 7) is 5.71. The van der Waals surface area contributed by atoms with Gasteiger partial charge in [0.05, 0.1) is 29.0 Å². The Labute approximate surface area is 124 Å². The minimum absolute atomic E-state index is 0.317. The van der Waals surface area contributed by atoms with Crippen LogP contribution in [0.2, 0.25) is 0 Å². The van der Waals surface area contributed by atoms with Gasteiger partial charge in [0.1, 0.15) is 0 Å². The van der Waals surface area contributed by atoms with Gasteiger partial charge in [-0.15, -0.1) is 0 Å². The lowest BCUT2D eigenvalue weighted by Crippen LogP contribution is -2.30. The summed E-state index contributed by atoms with van der Waals surface area (Å²) in [6, 6.07) is 10.2. The SMILES string of the molecule is Cc1nc2ccccc2nc1CNC(C)Cn1cccn1. The molecule has 0 radical (unpaired) electrons. The average molecular weight is 281 g/mol. The van der Waals surface area contributed by atoms with Crippen LogP contribution >= 0.6 is 0 Å². The predicted octanol–water partition coefficient (Wildman–Crippen LogP) is 2.31. The first-order valence-electron chi connectivity index (χ1n) is 7.15. The van der Waals surface area contributed by atoms with Gasteiger partial charge in [-0.2, -0.15) is 5.10 Å². The highest BCUT2D eigenvalue weighted by Crippen LogP contribution is 2.12. The molecule has 0 bridgehead atoms. The Bertz CT molecular complexity index is 721. The van der Waals surface area contributed by atoms with Gasteiger partial charge in [-0.25, -0.2) is 9.97 Å². The third-order valence-electron chi connectivity index (χ3n) is 3.48. The Balaban J connectivity index is 1.68. The Kier molecular flexibility index (Phi) is 3.92. The molecular weight excluding hydrogens is 262 g/mol. The van der Waals surface area contributed by atoms with Crippen molar-refractivity contribution in [1.82, 2.24) is 25.1 Å². The summed E-state index contributed by atoms with van der Waals surface area (Å²) in [7, 11) is 0. The average Bonchev–Trinajstić information content (AvgIpc) is 2.98. The summed E-state index contributed by atoms with van der Waals surface area (Å²) < 4.78 is 1.93. The van der Waals surface area contributed by atoms with Gasteiger partial charge < -0.3 is 5.32 Å². The van der Waals surface area contributed by atoms with Gasteiger partial charge in [0.15, 0.2) is 0 Å². The zero-order valence-corrected chi connectivity index (χ0v) is 12.3. The lowest BCUT2D eigenvalue weighted by atomic mass is 10.2. The first kappa shape index (κ1) is 13.7. The minimum Gasteiger partial charge on any atom is -0.307 e. The van der Waals surface area contributed by atoms with Crippen LogP contribution < -0.4 is 5.32 Å². The van der Waals surface area contributed by atoms with Crippen LogP contribution in [0.25, 0.3) is 11.0 Å². The smallest absolute Gasteiger partial charge is 0.0890 e. The van der Waals surface area contributed by atoms with Gasteiger partial charge in [-0.3, -0.25) is 4.68 Å². The molecule has 2 aromatic heterocycles. The molecule has 3 rings (SSSR count). The highest BCUT2D eigenvalue weighted by atomic mass is 15.3. The molecule has 2 heterocycles. The van der Waals surface area contributed by atoms with E-state index in [0.29, 0.717) is 12.6 Å². The van der Waals surface area contributed by atoms with E-state index in [4.69, 9.17) is 4.98 Å². The Morgan fingerprint density at radius 1 is 1.14 bits per heavy atom. The molecular formula is C16H19N5. The third-order valence-corrected chi connectivity index (χ3v) is 3.48. The van der Waals surface area contributed by atoms with Crippen molar-refractivity contribution >= 4 is 11.0 Å². The van der Waals surface area contributed by atoms with Crippen molar-refractivity contribution in [1.29, 1.82) is 0 Å². The number of aryl methyl sites for hydroxylation is 1. The second kappa shape index (κ2) is 6.01. The van der Waals surface area contributed by atoms with Gasteiger partial charge in [0, 0.05) is 25.0 Å². The van der Waals surface area contributed by atoms with Crippen molar-refractivity contribution in [2.45, 2.75) is 33.0 Å². The quantitative estimate of drug-likeness (QED) is 0.779. The number of aromatic nitrogens is 4. The van der Waals surface area contributed by atoms with Crippen LogP contribution in [0, 0.1) is 6.92 Å². The van der Waals surface area contributed by atoms with Crippen LogP contribution in [0.3, 0.4) is 0 Å². The summed E-state index contributed by atoms with van der Waals surface area (Å²) >= 11 is 0. The van der Waals surface area contributed by atoms with Gasteiger partial charge in [0.2, 0.25) is 0 Å². The van der Waals surface area contributed by atoms with E-state index in [1.165, 1.54) is 0 Å². The second-order valence-corrected chi connectivity index (χ2v) is 5.25.